The van der Waals surface area contributed by atoms with Crippen LogP contribution in [0, 0.1) is 11.6 Å². The van der Waals surface area contributed by atoms with Gasteiger partial charge in [-0.2, -0.15) is 0 Å². The van der Waals surface area contributed by atoms with E-state index in [1.54, 1.807) is 6.07 Å². The largest absolute Gasteiger partial charge is 0.448 e. The van der Waals surface area contributed by atoms with E-state index in [-0.39, 0.29) is 5.69 Å². The molecule has 1 aromatic heterocycles. The summed E-state index contributed by atoms with van der Waals surface area (Å²) in [7, 11) is 0. The first-order chi connectivity index (χ1) is 9.99. The fourth-order valence-electron chi connectivity index (χ4n) is 1.58. The molecular weight excluding hydrogens is 282 g/mol. The Kier molecular flexibility index (Phi) is 4.32. The van der Waals surface area contributed by atoms with Crippen molar-refractivity contribution in [3.63, 3.8) is 0 Å². The molecule has 21 heavy (non-hydrogen) atoms. The Hall–Kier alpha value is -2.70. The second-order valence-corrected chi connectivity index (χ2v) is 4.22. The van der Waals surface area contributed by atoms with Crippen LogP contribution >= 0.6 is 0 Å². The molecule has 1 aromatic carbocycles. The summed E-state index contributed by atoms with van der Waals surface area (Å²) < 4.78 is 31.7. The average Bonchev–Trinajstić information content (AvgIpc) is 2.97. The summed E-state index contributed by atoms with van der Waals surface area (Å²) in [6, 6.07) is 6.26. The molecule has 110 valence electrons. The second-order valence-electron chi connectivity index (χ2n) is 4.22. The van der Waals surface area contributed by atoms with E-state index >= 15 is 0 Å². The number of rotatable bonds is 4. The smallest absolute Gasteiger partial charge is 0.355 e. The summed E-state index contributed by atoms with van der Waals surface area (Å²) in [4.78, 5) is 26.0. The number of carbonyl (C=O) groups is 2. The Bertz CT molecular complexity index is 636. The third kappa shape index (κ3) is 3.44. The van der Waals surface area contributed by atoms with Gasteiger partial charge in [0.25, 0.3) is 5.91 Å². The standard InChI is InChI=1S/C14H12F2N2O3/c1-8(21-14(20)11-6-3-7-17-11)13(19)18-12-9(15)4-2-5-10(12)16/h2-8,17H,1H3,(H,18,19)/t8-/m1/s1. The number of hydrogen-bond donors (Lipinski definition) is 2. The van der Waals surface area contributed by atoms with Crippen LogP contribution in [0.25, 0.3) is 0 Å². The number of ether oxygens (including phenoxy) is 1. The summed E-state index contributed by atoms with van der Waals surface area (Å²) in [6.07, 6.45) is 0.315. The van der Waals surface area contributed by atoms with E-state index in [1.165, 1.54) is 25.3 Å². The van der Waals surface area contributed by atoms with Gasteiger partial charge in [0.05, 0.1) is 0 Å². The van der Waals surface area contributed by atoms with Gasteiger partial charge >= 0.3 is 5.97 Å². The highest BCUT2D eigenvalue weighted by Gasteiger charge is 2.21. The Morgan fingerprint density at radius 2 is 1.86 bits per heavy atom. The highest BCUT2D eigenvalue weighted by molar-refractivity contribution is 5.97. The molecule has 0 radical (unpaired) electrons. The molecule has 0 saturated carbocycles. The lowest BCUT2D eigenvalue weighted by Gasteiger charge is -2.13. The van der Waals surface area contributed by atoms with E-state index in [0.29, 0.717) is 0 Å². The summed E-state index contributed by atoms with van der Waals surface area (Å²) in [5.41, 5.74) is -0.406. The van der Waals surface area contributed by atoms with E-state index < -0.39 is 35.3 Å². The van der Waals surface area contributed by atoms with Gasteiger partial charge in [0, 0.05) is 6.20 Å². The maximum Gasteiger partial charge on any atom is 0.355 e. The minimum atomic E-state index is -1.21. The fourth-order valence-corrected chi connectivity index (χ4v) is 1.58. The van der Waals surface area contributed by atoms with Crippen molar-refractivity contribution < 1.29 is 23.1 Å². The number of esters is 1. The molecule has 0 aliphatic rings. The van der Waals surface area contributed by atoms with Gasteiger partial charge in [-0.3, -0.25) is 4.79 Å². The van der Waals surface area contributed by atoms with Gasteiger partial charge in [-0.15, -0.1) is 0 Å². The fraction of sp³-hybridized carbons (Fsp3) is 0.143. The van der Waals surface area contributed by atoms with Crippen molar-refractivity contribution in [1.29, 1.82) is 0 Å². The molecule has 0 fully saturated rings. The lowest BCUT2D eigenvalue weighted by atomic mass is 10.2. The number of nitrogens with one attached hydrogen (secondary N) is 2. The van der Waals surface area contributed by atoms with Crippen LogP contribution in [-0.2, 0) is 9.53 Å². The number of para-hydroxylation sites is 1. The maximum atomic E-state index is 13.4. The quantitative estimate of drug-likeness (QED) is 0.851. The van der Waals surface area contributed by atoms with Crippen molar-refractivity contribution in [3.8, 4) is 0 Å². The molecule has 0 unspecified atom stereocenters. The molecule has 0 aliphatic heterocycles. The maximum absolute atomic E-state index is 13.4. The number of benzene rings is 1. The molecular formula is C14H12F2N2O3. The Labute approximate surface area is 118 Å². The van der Waals surface area contributed by atoms with Crippen molar-refractivity contribution in [3.05, 3.63) is 53.9 Å². The van der Waals surface area contributed by atoms with Gasteiger partial charge in [-0.1, -0.05) is 6.07 Å². The zero-order valence-electron chi connectivity index (χ0n) is 11.0. The van der Waals surface area contributed by atoms with Crippen molar-refractivity contribution in [1.82, 2.24) is 4.98 Å². The molecule has 1 heterocycles. The van der Waals surface area contributed by atoms with Gasteiger partial charge < -0.3 is 15.0 Å². The minimum Gasteiger partial charge on any atom is -0.448 e. The van der Waals surface area contributed by atoms with Crippen LogP contribution in [0.1, 0.15) is 17.4 Å². The molecule has 7 heteroatoms. The number of carbonyl (C=O) groups excluding carboxylic acids is 2. The number of aromatic nitrogens is 1. The third-order valence-corrected chi connectivity index (χ3v) is 2.68. The number of H-pyrrole nitrogens is 1. The first-order valence-electron chi connectivity index (χ1n) is 6.08. The van der Waals surface area contributed by atoms with E-state index in [1.807, 2.05) is 0 Å². The summed E-state index contributed by atoms with van der Waals surface area (Å²) in [5, 5.41) is 2.05. The van der Waals surface area contributed by atoms with Crippen LogP contribution in [0.5, 0.6) is 0 Å². The molecule has 0 spiro atoms. The van der Waals surface area contributed by atoms with Gasteiger partial charge in [-0.05, 0) is 31.2 Å². The number of anilines is 1. The van der Waals surface area contributed by atoms with Crippen LogP contribution in [-0.4, -0.2) is 23.0 Å². The van der Waals surface area contributed by atoms with Crippen LogP contribution in [0.3, 0.4) is 0 Å². The average molecular weight is 294 g/mol. The van der Waals surface area contributed by atoms with E-state index in [4.69, 9.17) is 4.74 Å². The first-order valence-corrected chi connectivity index (χ1v) is 6.08. The molecule has 0 aliphatic carbocycles. The lowest BCUT2D eigenvalue weighted by molar-refractivity contribution is -0.123. The highest BCUT2D eigenvalue weighted by atomic mass is 19.1. The van der Waals surface area contributed by atoms with Gasteiger partial charge in [0.15, 0.2) is 6.10 Å². The molecule has 1 amide bonds. The molecule has 0 bridgehead atoms. The SMILES string of the molecule is C[C@@H](OC(=O)c1ccc[nH]1)C(=O)Nc1c(F)cccc1F. The summed E-state index contributed by atoms with van der Waals surface area (Å²) >= 11 is 0. The number of aromatic amines is 1. The monoisotopic (exact) mass is 294 g/mol. The number of halogens is 2. The van der Waals surface area contributed by atoms with E-state index in [0.717, 1.165) is 12.1 Å². The summed E-state index contributed by atoms with van der Waals surface area (Å²) in [5.74, 6) is -3.40. The first kappa shape index (κ1) is 14.7. The lowest BCUT2D eigenvalue weighted by Crippen LogP contribution is -2.30. The zero-order chi connectivity index (χ0) is 15.4. The Balaban J connectivity index is 2.01. The van der Waals surface area contributed by atoms with Crippen molar-refractivity contribution in [2.45, 2.75) is 13.0 Å². The van der Waals surface area contributed by atoms with Crippen molar-refractivity contribution in [2.75, 3.05) is 5.32 Å². The molecule has 0 saturated heterocycles. The van der Waals surface area contributed by atoms with Crippen LogP contribution < -0.4 is 5.32 Å². The van der Waals surface area contributed by atoms with Crippen LogP contribution in [0.4, 0.5) is 14.5 Å². The van der Waals surface area contributed by atoms with Crippen LogP contribution in [0.2, 0.25) is 0 Å². The zero-order valence-corrected chi connectivity index (χ0v) is 11.0. The number of amides is 1. The molecule has 5 nitrogen and oxygen atoms in total. The second kappa shape index (κ2) is 6.17. The molecule has 1 atom stereocenters. The molecule has 2 rings (SSSR count). The molecule has 2 N–H and O–H groups in total. The van der Waals surface area contributed by atoms with Gasteiger partial charge in [-0.25, -0.2) is 13.6 Å². The predicted octanol–water partition coefficient (Wildman–Crippen LogP) is 2.48. The Morgan fingerprint density at radius 1 is 1.19 bits per heavy atom. The topological polar surface area (TPSA) is 71.2 Å². The van der Waals surface area contributed by atoms with Crippen molar-refractivity contribution >= 4 is 17.6 Å². The predicted molar refractivity (Wildman–Crippen MR) is 70.7 cm³/mol. The Morgan fingerprint density at radius 3 is 2.43 bits per heavy atom. The van der Waals surface area contributed by atoms with Gasteiger partial charge in [0.2, 0.25) is 0 Å². The third-order valence-electron chi connectivity index (χ3n) is 2.68. The number of hydrogen-bond acceptors (Lipinski definition) is 3. The summed E-state index contributed by atoms with van der Waals surface area (Å²) in [6.45, 7) is 1.30. The highest BCUT2D eigenvalue weighted by Crippen LogP contribution is 2.18. The van der Waals surface area contributed by atoms with Crippen molar-refractivity contribution in [2.24, 2.45) is 0 Å². The van der Waals surface area contributed by atoms with E-state index in [9.17, 15) is 18.4 Å². The molecule has 2 aromatic rings. The van der Waals surface area contributed by atoms with E-state index in [2.05, 4.69) is 10.3 Å². The minimum absolute atomic E-state index is 0.173. The normalized spacial score (nSPS) is 11.8. The van der Waals surface area contributed by atoms with Crippen LogP contribution in [0.15, 0.2) is 36.5 Å². The van der Waals surface area contributed by atoms with Gasteiger partial charge in [0.1, 0.15) is 23.0 Å².